The fraction of sp³-hybridized carbons (Fsp3) is 0.417. The minimum Gasteiger partial charge on any atom is -0.398 e. The molecule has 0 aliphatic carbocycles. The Morgan fingerprint density at radius 3 is 2.12 bits per heavy atom. The van der Waals surface area contributed by atoms with E-state index in [0.717, 1.165) is 11.3 Å². The molecule has 1 rings (SSSR count). The fourth-order valence-corrected chi connectivity index (χ4v) is 4.48. The predicted molar refractivity (Wildman–Crippen MR) is 74.9 cm³/mol. The van der Waals surface area contributed by atoms with Crippen LogP contribution in [0.4, 0.5) is 5.69 Å². The molecule has 0 aliphatic rings. The van der Waals surface area contributed by atoms with E-state index in [9.17, 15) is 4.79 Å². The lowest BCUT2D eigenvalue weighted by Crippen LogP contribution is -2.36. The van der Waals surface area contributed by atoms with Gasteiger partial charge in [-0.05, 0) is 18.6 Å². The van der Waals surface area contributed by atoms with Gasteiger partial charge in [0, 0.05) is 11.2 Å². The first kappa shape index (κ1) is 15.2. The Morgan fingerprint density at radius 2 is 1.75 bits per heavy atom. The van der Waals surface area contributed by atoms with Crippen LogP contribution in [-0.2, 0) is 4.79 Å². The number of rotatable bonds is 3. The molecule has 16 heavy (non-hydrogen) atoms. The Labute approximate surface area is 105 Å². The summed E-state index contributed by atoms with van der Waals surface area (Å²) in [7, 11) is -1.55. The summed E-state index contributed by atoms with van der Waals surface area (Å²) in [4.78, 5) is 11.7. The van der Waals surface area contributed by atoms with Crippen molar-refractivity contribution in [1.29, 1.82) is 0 Å². The molecule has 0 saturated carbocycles. The second-order valence-corrected chi connectivity index (χ2v) is 10.3. The van der Waals surface area contributed by atoms with Gasteiger partial charge in [0.2, 0.25) is 0 Å². The van der Waals surface area contributed by atoms with Crippen molar-refractivity contribution in [3.8, 4) is 0 Å². The highest BCUT2D eigenvalue weighted by molar-refractivity contribution is 6.80. The molecule has 4 heteroatoms. The molecule has 0 fully saturated rings. The lowest BCUT2D eigenvalue weighted by molar-refractivity contribution is -0.116. The normalized spacial score (nSPS) is 12.8. The topological polar surface area (TPSA) is 43.1 Å². The molecule has 90 valence electrons. The number of hydrogen-bond acceptors (Lipinski definition) is 2. The van der Waals surface area contributed by atoms with Crippen LogP contribution in [0.2, 0.25) is 19.6 Å². The second kappa shape index (κ2) is 5.50. The first-order valence-corrected chi connectivity index (χ1v) is 8.76. The van der Waals surface area contributed by atoms with Gasteiger partial charge >= 0.3 is 0 Å². The van der Waals surface area contributed by atoms with Gasteiger partial charge in [0.25, 0.3) is 0 Å². The summed E-state index contributed by atoms with van der Waals surface area (Å²) in [6, 6.07) is 7.69. The highest BCUT2D eigenvalue weighted by Gasteiger charge is 2.32. The van der Waals surface area contributed by atoms with Crippen LogP contribution >= 0.6 is 12.4 Å². The molecule has 0 amide bonds. The molecule has 2 N–H and O–H groups in total. The number of benzene rings is 1. The number of carbonyl (C=O) groups is 1. The third-order valence-electron chi connectivity index (χ3n) is 2.58. The monoisotopic (exact) mass is 257 g/mol. The van der Waals surface area contributed by atoms with Crippen LogP contribution in [0.5, 0.6) is 0 Å². The van der Waals surface area contributed by atoms with E-state index >= 15 is 0 Å². The zero-order valence-corrected chi connectivity index (χ0v) is 12.1. The molecule has 0 aliphatic heterocycles. The summed E-state index contributed by atoms with van der Waals surface area (Å²) < 4.78 is 0. The molecule has 1 aromatic rings. The van der Waals surface area contributed by atoms with Crippen molar-refractivity contribution >= 4 is 32.0 Å². The Bertz CT molecular complexity index is 374. The minimum atomic E-state index is -1.55. The van der Waals surface area contributed by atoms with Gasteiger partial charge < -0.3 is 5.73 Å². The quantitative estimate of drug-likeness (QED) is 0.667. The van der Waals surface area contributed by atoms with Crippen molar-refractivity contribution < 1.29 is 4.79 Å². The Hall–Kier alpha value is -0.803. The van der Waals surface area contributed by atoms with Crippen LogP contribution in [0.15, 0.2) is 24.3 Å². The maximum atomic E-state index is 11.7. The van der Waals surface area contributed by atoms with Crippen molar-refractivity contribution in [2.75, 3.05) is 5.73 Å². The number of hydrogen-bond donors (Lipinski definition) is 1. The molecular weight excluding hydrogens is 238 g/mol. The summed E-state index contributed by atoms with van der Waals surface area (Å²) in [5, 5.41) is 0. The van der Waals surface area contributed by atoms with Crippen LogP contribution in [-0.4, -0.2) is 13.9 Å². The summed E-state index contributed by atoms with van der Waals surface area (Å²) in [6.07, 6.45) is 0. The van der Waals surface area contributed by atoms with Gasteiger partial charge in [-0.1, -0.05) is 37.8 Å². The van der Waals surface area contributed by atoms with Gasteiger partial charge in [0.15, 0.2) is 0 Å². The summed E-state index contributed by atoms with van der Waals surface area (Å²) in [6.45, 7) is 8.26. The number of ketones is 1. The van der Waals surface area contributed by atoms with Gasteiger partial charge in [-0.2, -0.15) is 0 Å². The molecular formula is C12H20ClNOSi. The van der Waals surface area contributed by atoms with E-state index in [1.807, 2.05) is 24.3 Å². The summed E-state index contributed by atoms with van der Waals surface area (Å²) in [5.41, 5.74) is 7.68. The number of carbonyl (C=O) groups excluding carboxylic acids is 1. The Kier molecular flexibility index (Phi) is 5.23. The summed E-state index contributed by atoms with van der Waals surface area (Å²) >= 11 is 0. The SMILES string of the molecule is CC(=O)C(c1ccccc1N)[Si](C)(C)C.Cl. The fourth-order valence-electron chi connectivity index (χ4n) is 2.07. The van der Waals surface area contributed by atoms with Crippen LogP contribution in [0.25, 0.3) is 0 Å². The third-order valence-corrected chi connectivity index (χ3v) is 5.03. The molecule has 0 radical (unpaired) electrons. The number of nitrogens with two attached hydrogens (primary N) is 1. The third kappa shape index (κ3) is 3.35. The molecule has 0 bridgehead atoms. The average molecular weight is 258 g/mol. The molecule has 0 saturated heterocycles. The molecule has 0 spiro atoms. The van der Waals surface area contributed by atoms with E-state index in [0.29, 0.717) is 0 Å². The largest absolute Gasteiger partial charge is 0.398 e. The number of Topliss-reactive ketones (excluding diaryl/α,β-unsaturated/α-hetero) is 1. The van der Waals surface area contributed by atoms with Gasteiger partial charge in [0.1, 0.15) is 5.78 Å². The number of para-hydroxylation sites is 1. The Morgan fingerprint density at radius 1 is 1.25 bits per heavy atom. The number of nitrogen functional groups attached to an aromatic ring is 1. The van der Waals surface area contributed by atoms with E-state index in [1.165, 1.54) is 0 Å². The van der Waals surface area contributed by atoms with Crippen molar-refractivity contribution in [3.63, 3.8) is 0 Å². The number of halogens is 1. The van der Waals surface area contributed by atoms with Gasteiger partial charge in [-0.25, -0.2) is 0 Å². The Balaban J connectivity index is 0.00000225. The summed E-state index contributed by atoms with van der Waals surface area (Å²) in [5.74, 6) is 0.229. The highest BCUT2D eigenvalue weighted by Crippen LogP contribution is 2.31. The van der Waals surface area contributed by atoms with Crippen LogP contribution in [0.1, 0.15) is 18.0 Å². The predicted octanol–water partition coefficient (Wildman–Crippen LogP) is 3.24. The molecule has 1 unspecified atom stereocenters. The second-order valence-electron chi connectivity index (χ2n) is 5.04. The molecule has 1 atom stereocenters. The van der Waals surface area contributed by atoms with Crippen LogP contribution < -0.4 is 5.73 Å². The smallest absolute Gasteiger partial charge is 0.134 e. The highest BCUT2D eigenvalue weighted by atomic mass is 35.5. The van der Waals surface area contributed by atoms with Gasteiger partial charge in [-0.15, -0.1) is 12.4 Å². The van der Waals surface area contributed by atoms with Gasteiger partial charge in [-0.3, -0.25) is 4.79 Å². The lowest BCUT2D eigenvalue weighted by Gasteiger charge is -2.28. The lowest BCUT2D eigenvalue weighted by atomic mass is 10.1. The first-order valence-electron chi connectivity index (χ1n) is 5.19. The molecule has 2 nitrogen and oxygen atoms in total. The standard InChI is InChI=1S/C12H19NOSi.ClH/c1-9(14)12(15(2,3)4)10-7-5-6-8-11(10)13;/h5-8,12H,13H2,1-4H3;1H. The van der Waals surface area contributed by atoms with E-state index in [-0.39, 0.29) is 23.7 Å². The maximum absolute atomic E-state index is 11.7. The number of anilines is 1. The van der Waals surface area contributed by atoms with Crippen molar-refractivity contribution in [2.24, 2.45) is 0 Å². The van der Waals surface area contributed by atoms with Crippen molar-refractivity contribution in [3.05, 3.63) is 29.8 Å². The van der Waals surface area contributed by atoms with E-state index in [1.54, 1.807) is 6.92 Å². The first-order chi connectivity index (χ1) is 6.84. The van der Waals surface area contributed by atoms with Crippen molar-refractivity contribution in [2.45, 2.75) is 32.1 Å². The molecule has 0 aromatic heterocycles. The average Bonchev–Trinajstić information content (AvgIpc) is 2.05. The zero-order chi connectivity index (χ0) is 11.6. The van der Waals surface area contributed by atoms with Crippen molar-refractivity contribution in [1.82, 2.24) is 0 Å². The van der Waals surface area contributed by atoms with E-state index in [4.69, 9.17) is 5.73 Å². The van der Waals surface area contributed by atoms with Gasteiger partial charge in [0.05, 0.1) is 8.07 Å². The molecule has 0 heterocycles. The van der Waals surface area contributed by atoms with E-state index < -0.39 is 8.07 Å². The van der Waals surface area contributed by atoms with Crippen LogP contribution in [0, 0.1) is 0 Å². The maximum Gasteiger partial charge on any atom is 0.134 e. The minimum absolute atomic E-state index is 0. The van der Waals surface area contributed by atoms with Crippen LogP contribution in [0.3, 0.4) is 0 Å². The van der Waals surface area contributed by atoms with E-state index in [2.05, 4.69) is 19.6 Å². The zero-order valence-electron chi connectivity index (χ0n) is 10.3. The molecule has 1 aromatic carbocycles.